The highest BCUT2D eigenvalue weighted by Gasteiger charge is 2.30. The minimum atomic E-state index is -0.463. The first-order valence-corrected chi connectivity index (χ1v) is 9.60. The van der Waals surface area contributed by atoms with Crippen LogP contribution >= 0.6 is 11.6 Å². The normalized spacial score (nSPS) is 13.9. The highest BCUT2D eigenvalue weighted by Crippen LogP contribution is 2.30. The summed E-state index contributed by atoms with van der Waals surface area (Å²) in [5.41, 5.74) is 5.20. The van der Waals surface area contributed by atoms with Crippen LogP contribution in [0.1, 0.15) is 27.3 Å². The van der Waals surface area contributed by atoms with Gasteiger partial charge in [-0.25, -0.2) is 0 Å². The Morgan fingerprint density at radius 3 is 2.68 bits per heavy atom. The van der Waals surface area contributed by atoms with Crippen molar-refractivity contribution in [1.82, 2.24) is 14.9 Å². The van der Waals surface area contributed by atoms with Crippen molar-refractivity contribution in [2.75, 3.05) is 6.54 Å². The summed E-state index contributed by atoms with van der Waals surface area (Å²) in [6, 6.07) is 13.3. The molecular weight excluding hydrogens is 374 g/mol. The second-order valence-electron chi connectivity index (χ2n) is 7.25. The van der Waals surface area contributed by atoms with E-state index in [1.165, 1.54) is 0 Å². The molecule has 1 amide bonds. The molecule has 0 unspecified atom stereocenters. The average molecular weight is 392 g/mol. The number of fused-ring (bicyclic) bond motifs is 4. The lowest BCUT2D eigenvalue weighted by atomic mass is 10.0. The Morgan fingerprint density at radius 1 is 1.04 bits per heavy atom. The highest BCUT2D eigenvalue weighted by atomic mass is 35.5. The van der Waals surface area contributed by atoms with Crippen molar-refractivity contribution >= 4 is 45.1 Å². The minimum Gasteiger partial charge on any atom is -0.358 e. The summed E-state index contributed by atoms with van der Waals surface area (Å²) in [5, 5.41) is 2.45. The molecule has 2 aromatic carbocycles. The van der Waals surface area contributed by atoms with Crippen molar-refractivity contribution < 1.29 is 9.59 Å². The van der Waals surface area contributed by atoms with E-state index in [1.54, 1.807) is 4.90 Å². The number of H-pyrrole nitrogens is 2. The monoisotopic (exact) mass is 391 g/mol. The minimum absolute atomic E-state index is 0.404. The van der Waals surface area contributed by atoms with Crippen LogP contribution in [0.15, 0.2) is 42.5 Å². The van der Waals surface area contributed by atoms with Gasteiger partial charge < -0.3 is 14.9 Å². The van der Waals surface area contributed by atoms with E-state index in [-0.39, 0.29) is 0 Å². The maximum atomic E-state index is 13.1. The number of nitrogens with one attached hydrogen (secondary N) is 2. The number of para-hydroxylation sites is 1. The summed E-state index contributed by atoms with van der Waals surface area (Å²) in [6.07, 6.45) is 0.688. The van der Waals surface area contributed by atoms with Gasteiger partial charge in [0.25, 0.3) is 11.7 Å². The first kappa shape index (κ1) is 17.1. The van der Waals surface area contributed by atoms with Gasteiger partial charge in [-0.15, -0.1) is 0 Å². The molecule has 6 heteroatoms. The molecular formula is C22H18ClN3O2. The molecule has 0 bridgehead atoms. The van der Waals surface area contributed by atoms with Gasteiger partial charge in [0.2, 0.25) is 0 Å². The number of amides is 1. The lowest BCUT2D eigenvalue weighted by Gasteiger charge is -2.26. The summed E-state index contributed by atoms with van der Waals surface area (Å²) in [6.45, 7) is 2.75. The Labute approximate surface area is 166 Å². The molecule has 2 N–H and O–H groups in total. The number of ketones is 1. The van der Waals surface area contributed by atoms with Crippen LogP contribution in [-0.2, 0) is 17.8 Å². The van der Waals surface area contributed by atoms with Gasteiger partial charge in [-0.2, -0.15) is 0 Å². The largest absolute Gasteiger partial charge is 0.358 e. The summed E-state index contributed by atoms with van der Waals surface area (Å²) >= 11 is 6.16. The standard InChI is InChI=1S/C22H18ClN3O2/c1-12-20(14-4-2-3-5-17(14)24-12)21(27)22(28)26-9-8-19-16(11-26)15-10-13(23)6-7-18(15)25-19/h2-7,10,24-25H,8-9,11H2,1H3. The van der Waals surface area contributed by atoms with Crippen LogP contribution in [-0.4, -0.2) is 33.1 Å². The van der Waals surface area contributed by atoms with Crippen LogP contribution in [0.25, 0.3) is 21.8 Å². The molecule has 1 aliphatic heterocycles. The van der Waals surface area contributed by atoms with Crippen molar-refractivity contribution in [3.8, 4) is 0 Å². The van der Waals surface area contributed by atoms with Crippen LogP contribution < -0.4 is 0 Å². The maximum absolute atomic E-state index is 13.1. The van der Waals surface area contributed by atoms with Crippen molar-refractivity contribution in [1.29, 1.82) is 0 Å². The molecule has 140 valence electrons. The zero-order chi connectivity index (χ0) is 19.4. The molecule has 2 aromatic heterocycles. The van der Waals surface area contributed by atoms with E-state index in [0.717, 1.165) is 38.8 Å². The number of aromatic amines is 2. The molecule has 0 radical (unpaired) electrons. The van der Waals surface area contributed by atoms with Gasteiger partial charge >= 0.3 is 0 Å². The molecule has 5 rings (SSSR count). The Balaban J connectivity index is 1.49. The van der Waals surface area contributed by atoms with E-state index in [0.29, 0.717) is 30.1 Å². The van der Waals surface area contributed by atoms with E-state index in [1.807, 2.05) is 49.4 Å². The third-order valence-corrected chi connectivity index (χ3v) is 5.77. The van der Waals surface area contributed by atoms with E-state index in [2.05, 4.69) is 9.97 Å². The fourth-order valence-corrected chi connectivity index (χ4v) is 4.35. The number of aromatic nitrogens is 2. The van der Waals surface area contributed by atoms with Gasteiger partial charge in [0.15, 0.2) is 0 Å². The Bertz CT molecular complexity index is 1270. The number of carbonyl (C=O) groups excluding carboxylic acids is 2. The number of hydrogen-bond donors (Lipinski definition) is 2. The van der Waals surface area contributed by atoms with Crippen LogP contribution in [0, 0.1) is 6.92 Å². The number of nitrogens with zero attached hydrogens (tertiary/aromatic N) is 1. The molecule has 0 atom stereocenters. The van der Waals surface area contributed by atoms with Gasteiger partial charge in [0, 0.05) is 63.3 Å². The zero-order valence-corrected chi connectivity index (χ0v) is 16.1. The van der Waals surface area contributed by atoms with E-state index >= 15 is 0 Å². The van der Waals surface area contributed by atoms with Gasteiger partial charge in [-0.1, -0.05) is 29.8 Å². The Morgan fingerprint density at radius 2 is 1.82 bits per heavy atom. The molecule has 0 aliphatic carbocycles. The smallest absolute Gasteiger partial charge is 0.295 e. The lowest BCUT2D eigenvalue weighted by Crippen LogP contribution is -2.40. The van der Waals surface area contributed by atoms with Gasteiger partial charge in [0.1, 0.15) is 0 Å². The summed E-state index contributed by atoms with van der Waals surface area (Å²) < 4.78 is 0. The maximum Gasteiger partial charge on any atom is 0.295 e. The molecule has 0 spiro atoms. The van der Waals surface area contributed by atoms with E-state index < -0.39 is 11.7 Å². The predicted octanol–water partition coefficient (Wildman–Crippen LogP) is 4.38. The lowest BCUT2D eigenvalue weighted by molar-refractivity contribution is -0.127. The van der Waals surface area contributed by atoms with Crippen LogP contribution in [0.5, 0.6) is 0 Å². The molecule has 0 saturated carbocycles. The fourth-order valence-electron chi connectivity index (χ4n) is 4.18. The molecule has 0 fully saturated rings. The number of aryl methyl sites for hydroxylation is 1. The fraction of sp³-hybridized carbons (Fsp3) is 0.182. The van der Waals surface area contributed by atoms with Crippen LogP contribution in [0.4, 0.5) is 0 Å². The quantitative estimate of drug-likeness (QED) is 0.393. The molecule has 28 heavy (non-hydrogen) atoms. The SMILES string of the molecule is Cc1[nH]c2ccccc2c1C(=O)C(=O)N1CCc2[nH]c3ccc(Cl)cc3c2C1. The molecule has 1 aliphatic rings. The molecule has 5 nitrogen and oxygen atoms in total. The number of Topliss-reactive ketones (excluding diaryl/α,β-unsaturated/α-hetero) is 1. The summed E-state index contributed by atoms with van der Waals surface area (Å²) in [7, 11) is 0. The van der Waals surface area contributed by atoms with Gasteiger partial charge in [-0.3, -0.25) is 9.59 Å². The van der Waals surface area contributed by atoms with Crippen molar-refractivity contribution in [3.63, 3.8) is 0 Å². The first-order valence-electron chi connectivity index (χ1n) is 9.23. The highest BCUT2D eigenvalue weighted by molar-refractivity contribution is 6.45. The molecule has 3 heterocycles. The number of rotatable bonds is 2. The molecule has 0 saturated heterocycles. The Kier molecular flexibility index (Phi) is 3.81. The van der Waals surface area contributed by atoms with Crippen LogP contribution in [0.3, 0.4) is 0 Å². The van der Waals surface area contributed by atoms with E-state index in [9.17, 15) is 9.59 Å². The van der Waals surface area contributed by atoms with E-state index in [4.69, 9.17) is 11.6 Å². The van der Waals surface area contributed by atoms with Crippen LogP contribution in [0.2, 0.25) is 5.02 Å². The number of hydrogen-bond acceptors (Lipinski definition) is 2. The van der Waals surface area contributed by atoms with Gasteiger partial charge in [-0.05, 0) is 31.2 Å². The van der Waals surface area contributed by atoms with Crippen molar-refractivity contribution in [2.24, 2.45) is 0 Å². The first-order chi connectivity index (χ1) is 13.5. The van der Waals surface area contributed by atoms with Crippen molar-refractivity contribution in [3.05, 3.63) is 70.0 Å². The Hall–Kier alpha value is -3.05. The summed E-state index contributed by atoms with van der Waals surface area (Å²) in [4.78, 5) is 34.4. The second-order valence-corrected chi connectivity index (χ2v) is 7.68. The third kappa shape index (κ3) is 2.54. The summed E-state index contributed by atoms with van der Waals surface area (Å²) in [5.74, 6) is -0.925. The predicted molar refractivity (Wildman–Crippen MR) is 110 cm³/mol. The van der Waals surface area contributed by atoms with Gasteiger partial charge in [0.05, 0.1) is 5.56 Å². The topological polar surface area (TPSA) is 69.0 Å². The molecule has 4 aromatic rings. The number of halogens is 1. The zero-order valence-electron chi connectivity index (χ0n) is 15.3. The van der Waals surface area contributed by atoms with Crippen molar-refractivity contribution in [2.45, 2.75) is 19.9 Å². The number of benzene rings is 2. The number of carbonyl (C=O) groups is 2. The average Bonchev–Trinajstić information content (AvgIpc) is 3.22. The third-order valence-electron chi connectivity index (χ3n) is 5.54. The second kappa shape index (κ2) is 6.24.